The second-order valence-corrected chi connectivity index (χ2v) is 6.37. The fourth-order valence-corrected chi connectivity index (χ4v) is 2.61. The Labute approximate surface area is 93.2 Å². The van der Waals surface area contributed by atoms with Crippen LogP contribution in [0.3, 0.4) is 0 Å². The van der Waals surface area contributed by atoms with Gasteiger partial charge in [-0.2, -0.15) is 17.4 Å². The fraction of sp³-hybridized carbons (Fsp3) is 1.00. The Morgan fingerprint density at radius 2 is 1.87 bits per heavy atom. The summed E-state index contributed by atoms with van der Waals surface area (Å²) in [5, 5.41) is 0. The van der Waals surface area contributed by atoms with E-state index in [4.69, 9.17) is 5.73 Å². The van der Waals surface area contributed by atoms with Crippen molar-refractivity contribution in [1.29, 1.82) is 0 Å². The Kier molecular flexibility index (Phi) is 5.19. The highest BCUT2D eigenvalue weighted by Gasteiger charge is 2.28. The summed E-state index contributed by atoms with van der Waals surface area (Å²) < 4.78 is 27.6. The first kappa shape index (κ1) is 14.8. The monoisotopic (exact) mass is 237 g/mol. The first-order valence-electron chi connectivity index (χ1n) is 5.09. The lowest BCUT2D eigenvalue weighted by Crippen LogP contribution is -2.51. The van der Waals surface area contributed by atoms with Gasteiger partial charge in [-0.15, -0.1) is 0 Å². The van der Waals surface area contributed by atoms with Gasteiger partial charge >= 0.3 is 0 Å². The topological polar surface area (TPSA) is 75.4 Å². The molecule has 0 aromatic heterocycles. The highest BCUT2D eigenvalue weighted by atomic mass is 32.2. The van der Waals surface area contributed by atoms with Gasteiger partial charge in [0.1, 0.15) is 0 Å². The molecule has 5 nitrogen and oxygen atoms in total. The summed E-state index contributed by atoms with van der Waals surface area (Å²) in [6.07, 6.45) is 0.609. The van der Waals surface area contributed by atoms with Crippen LogP contribution < -0.4 is 10.5 Å². The molecule has 92 valence electrons. The zero-order chi connectivity index (χ0) is 12.3. The molecule has 0 aromatic carbocycles. The molecule has 15 heavy (non-hydrogen) atoms. The van der Waals surface area contributed by atoms with E-state index in [-0.39, 0.29) is 6.04 Å². The van der Waals surface area contributed by atoms with Crippen molar-refractivity contribution in [3.05, 3.63) is 0 Å². The van der Waals surface area contributed by atoms with E-state index in [0.29, 0.717) is 13.0 Å². The average Bonchev–Trinajstić information content (AvgIpc) is 2.00. The Bertz CT molecular complexity index is 286. The van der Waals surface area contributed by atoms with E-state index in [1.54, 1.807) is 7.05 Å². The molecule has 0 unspecified atom stereocenters. The van der Waals surface area contributed by atoms with Crippen molar-refractivity contribution in [2.45, 2.75) is 45.7 Å². The van der Waals surface area contributed by atoms with Crippen molar-refractivity contribution in [2.75, 3.05) is 13.6 Å². The molecule has 0 aromatic rings. The molecular weight excluding hydrogens is 214 g/mol. The first-order valence-corrected chi connectivity index (χ1v) is 6.53. The van der Waals surface area contributed by atoms with Crippen LogP contribution in [0.4, 0.5) is 0 Å². The third-order valence-electron chi connectivity index (χ3n) is 2.28. The van der Waals surface area contributed by atoms with Crippen LogP contribution in [0.25, 0.3) is 0 Å². The normalized spacial score (nSPS) is 13.9. The molecule has 6 heteroatoms. The molecule has 0 aliphatic rings. The molecule has 0 aliphatic heterocycles. The van der Waals surface area contributed by atoms with Crippen LogP contribution in [0.15, 0.2) is 0 Å². The molecule has 0 spiro atoms. The third kappa shape index (κ3) is 4.92. The lowest BCUT2D eigenvalue weighted by Gasteiger charge is -2.30. The van der Waals surface area contributed by atoms with Crippen LogP contribution in [0.1, 0.15) is 34.1 Å². The maximum atomic E-state index is 11.8. The van der Waals surface area contributed by atoms with Crippen LogP contribution in [-0.2, 0) is 10.2 Å². The maximum Gasteiger partial charge on any atom is 0.279 e. The lowest BCUT2D eigenvalue weighted by atomic mass is 10.0. The molecular formula is C9H23N3O2S. The van der Waals surface area contributed by atoms with Gasteiger partial charge in [0.05, 0.1) is 0 Å². The third-order valence-corrected chi connectivity index (χ3v) is 4.27. The predicted octanol–water partition coefficient (Wildman–Crippen LogP) is 0.288. The maximum absolute atomic E-state index is 11.8. The van der Waals surface area contributed by atoms with Gasteiger partial charge in [0, 0.05) is 18.6 Å². The van der Waals surface area contributed by atoms with E-state index in [1.165, 1.54) is 4.31 Å². The molecule has 0 bridgehead atoms. The minimum atomic E-state index is -3.41. The standard InChI is InChI=1S/C9H23N3O2S/c1-8(2)12(5)15(13,14)11-9(3,4)6-7-10/h8,11H,6-7,10H2,1-5H3. The van der Waals surface area contributed by atoms with Crippen LogP contribution in [0.5, 0.6) is 0 Å². The molecule has 0 atom stereocenters. The summed E-state index contributed by atoms with van der Waals surface area (Å²) >= 11 is 0. The molecule has 0 amide bonds. The van der Waals surface area contributed by atoms with Gasteiger partial charge in [-0.3, -0.25) is 0 Å². The largest absolute Gasteiger partial charge is 0.330 e. The van der Waals surface area contributed by atoms with Gasteiger partial charge < -0.3 is 5.73 Å². The zero-order valence-corrected chi connectivity index (χ0v) is 11.1. The summed E-state index contributed by atoms with van der Waals surface area (Å²) in [6, 6.07) is -0.0591. The highest BCUT2D eigenvalue weighted by molar-refractivity contribution is 7.87. The second kappa shape index (κ2) is 5.25. The Morgan fingerprint density at radius 3 is 2.20 bits per heavy atom. The van der Waals surface area contributed by atoms with Crippen molar-refractivity contribution in [3.8, 4) is 0 Å². The average molecular weight is 237 g/mol. The second-order valence-electron chi connectivity index (χ2n) is 4.64. The van der Waals surface area contributed by atoms with E-state index in [0.717, 1.165) is 0 Å². The quantitative estimate of drug-likeness (QED) is 0.697. The van der Waals surface area contributed by atoms with E-state index in [1.807, 2.05) is 27.7 Å². The van der Waals surface area contributed by atoms with Crippen molar-refractivity contribution in [3.63, 3.8) is 0 Å². The Balaban J connectivity index is 4.65. The molecule has 0 saturated carbocycles. The number of nitrogens with two attached hydrogens (primary N) is 1. The van der Waals surface area contributed by atoms with E-state index < -0.39 is 15.7 Å². The summed E-state index contributed by atoms with van der Waals surface area (Å²) in [5.74, 6) is 0. The summed E-state index contributed by atoms with van der Waals surface area (Å²) in [6.45, 7) is 7.77. The number of nitrogens with one attached hydrogen (secondary N) is 1. The van der Waals surface area contributed by atoms with E-state index in [9.17, 15) is 8.42 Å². The van der Waals surface area contributed by atoms with Crippen LogP contribution in [-0.4, -0.2) is 37.9 Å². The van der Waals surface area contributed by atoms with Crippen LogP contribution >= 0.6 is 0 Å². The van der Waals surface area contributed by atoms with Crippen LogP contribution in [0.2, 0.25) is 0 Å². The fourth-order valence-electron chi connectivity index (χ4n) is 1.11. The Hall–Kier alpha value is -0.170. The van der Waals surface area contributed by atoms with Gasteiger partial charge in [0.25, 0.3) is 10.2 Å². The minimum Gasteiger partial charge on any atom is -0.330 e. The molecule has 0 radical (unpaired) electrons. The summed E-state index contributed by atoms with van der Waals surface area (Å²) in [7, 11) is -1.85. The molecule has 0 aliphatic carbocycles. The molecule has 3 N–H and O–H groups in total. The van der Waals surface area contributed by atoms with Crippen molar-refractivity contribution < 1.29 is 8.42 Å². The lowest BCUT2D eigenvalue weighted by molar-refractivity contribution is 0.367. The van der Waals surface area contributed by atoms with Gasteiger partial charge in [-0.05, 0) is 40.7 Å². The van der Waals surface area contributed by atoms with E-state index >= 15 is 0 Å². The number of hydrogen-bond donors (Lipinski definition) is 2. The van der Waals surface area contributed by atoms with Crippen molar-refractivity contribution >= 4 is 10.2 Å². The van der Waals surface area contributed by atoms with Crippen molar-refractivity contribution in [1.82, 2.24) is 9.03 Å². The smallest absolute Gasteiger partial charge is 0.279 e. The first-order chi connectivity index (χ1) is 6.62. The van der Waals surface area contributed by atoms with Gasteiger partial charge in [0.15, 0.2) is 0 Å². The molecule has 0 fully saturated rings. The SMILES string of the molecule is CC(C)N(C)S(=O)(=O)NC(C)(C)CCN. The molecule has 0 saturated heterocycles. The predicted molar refractivity (Wildman–Crippen MR) is 62.7 cm³/mol. The van der Waals surface area contributed by atoms with Gasteiger partial charge in [0.2, 0.25) is 0 Å². The number of rotatable bonds is 6. The van der Waals surface area contributed by atoms with Crippen molar-refractivity contribution in [2.24, 2.45) is 5.73 Å². The number of nitrogens with zero attached hydrogens (tertiary/aromatic N) is 1. The van der Waals surface area contributed by atoms with Gasteiger partial charge in [-0.1, -0.05) is 0 Å². The number of hydrogen-bond acceptors (Lipinski definition) is 3. The van der Waals surface area contributed by atoms with Crippen LogP contribution in [0, 0.1) is 0 Å². The summed E-state index contributed by atoms with van der Waals surface area (Å²) in [4.78, 5) is 0. The summed E-state index contributed by atoms with van der Waals surface area (Å²) in [5.41, 5.74) is 4.92. The van der Waals surface area contributed by atoms with E-state index in [2.05, 4.69) is 4.72 Å². The zero-order valence-electron chi connectivity index (χ0n) is 10.2. The Morgan fingerprint density at radius 1 is 1.40 bits per heavy atom. The molecule has 0 heterocycles. The minimum absolute atomic E-state index is 0.0591. The van der Waals surface area contributed by atoms with Gasteiger partial charge in [-0.25, -0.2) is 0 Å². The highest BCUT2D eigenvalue weighted by Crippen LogP contribution is 2.11. The molecule has 0 rings (SSSR count).